The molecule has 3 aromatic carbocycles. The summed E-state index contributed by atoms with van der Waals surface area (Å²) in [6.07, 6.45) is 0. The number of carbonyl (C=O) groups excluding carboxylic acids is 1. The number of nitrogens with one attached hydrogen (secondary N) is 1. The van der Waals surface area contributed by atoms with Crippen molar-refractivity contribution < 1.29 is 17.9 Å². The minimum Gasteiger partial charge on any atom is -0.488 e. The third-order valence-electron chi connectivity index (χ3n) is 4.92. The summed E-state index contributed by atoms with van der Waals surface area (Å²) in [6.45, 7) is 8.18. The van der Waals surface area contributed by atoms with Crippen molar-refractivity contribution >= 4 is 27.5 Å². The number of hydrogen-bond donors (Lipinski definition) is 1. The van der Waals surface area contributed by atoms with Gasteiger partial charge < -0.3 is 4.74 Å². The minimum absolute atomic E-state index is 0.0207. The fraction of sp³-hybridized carbons (Fsp3) is 0.240. The second-order valence-corrected chi connectivity index (χ2v) is 10.7. The lowest BCUT2D eigenvalue weighted by Gasteiger charge is -2.19. The summed E-state index contributed by atoms with van der Waals surface area (Å²) in [6, 6.07) is 18.7. The van der Waals surface area contributed by atoms with Crippen molar-refractivity contribution in [3.05, 3.63) is 94.0 Å². The number of sulfonamides is 1. The minimum atomic E-state index is -4.04. The Morgan fingerprint density at radius 1 is 1.00 bits per heavy atom. The van der Waals surface area contributed by atoms with E-state index in [1.807, 2.05) is 39.8 Å². The Kier molecular flexibility index (Phi) is 6.96. The number of rotatable bonds is 6. The van der Waals surface area contributed by atoms with Gasteiger partial charge in [-0.1, -0.05) is 62.7 Å². The molecule has 0 aliphatic heterocycles. The highest BCUT2D eigenvalue weighted by Crippen LogP contribution is 2.25. The van der Waals surface area contributed by atoms with Crippen LogP contribution in [0.5, 0.6) is 5.75 Å². The highest BCUT2D eigenvalue weighted by Gasteiger charge is 2.22. The van der Waals surface area contributed by atoms with Crippen molar-refractivity contribution in [2.45, 2.75) is 44.6 Å². The molecule has 0 saturated heterocycles. The van der Waals surface area contributed by atoms with Crippen molar-refractivity contribution in [3.8, 4) is 5.75 Å². The van der Waals surface area contributed by atoms with Crippen LogP contribution in [0.4, 0.5) is 0 Å². The molecule has 5 nitrogen and oxygen atoms in total. The standard InChI is InChI=1S/C25H26ClNO4S/c1-17-8-13-22(23(14-17)31-16-18-6-5-7-20(26)15-18)24(28)27-32(29,30)21-11-9-19(10-12-21)25(2,3)4/h5-15H,16H2,1-4H3,(H,27,28). The fourth-order valence-electron chi connectivity index (χ4n) is 3.09. The van der Waals surface area contributed by atoms with Crippen molar-refractivity contribution in [1.29, 1.82) is 0 Å². The molecule has 0 unspecified atom stereocenters. The molecule has 0 bridgehead atoms. The third-order valence-corrected chi connectivity index (χ3v) is 6.50. The van der Waals surface area contributed by atoms with E-state index < -0.39 is 15.9 Å². The Bertz CT molecular complexity index is 1230. The number of amides is 1. The topological polar surface area (TPSA) is 72.5 Å². The normalized spacial score (nSPS) is 11.8. The predicted octanol–water partition coefficient (Wildman–Crippen LogP) is 5.64. The molecule has 3 rings (SSSR count). The summed E-state index contributed by atoms with van der Waals surface area (Å²) in [5.74, 6) is -0.466. The highest BCUT2D eigenvalue weighted by molar-refractivity contribution is 7.90. The molecule has 0 heterocycles. The van der Waals surface area contributed by atoms with E-state index in [4.69, 9.17) is 16.3 Å². The maximum Gasteiger partial charge on any atom is 0.268 e. The van der Waals surface area contributed by atoms with Gasteiger partial charge in [0.2, 0.25) is 0 Å². The first-order chi connectivity index (χ1) is 15.0. The number of halogens is 1. The number of ether oxygens (including phenoxy) is 1. The Hall–Kier alpha value is -2.83. The van der Waals surface area contributed by atoms with Gasteiger partial charge in [0.15, 0.2) is 0 Å². The van der Waals surface area contributed by atoms with Gasteiger partial charge in [-0.2, -0.15) is 0 Å². The maximum absolute atomic E-state index is 12.9. The monoisotopic (exact) mass is 471 g/mol. The first kappa shape index (κ1) is 23.8. The van der Waals surface area contributed by atoms with Crippen LogP contribution >= 0.6 is 11.6 Å². The predicted molar refractivity (Wildman–Crippen MR) is 127 cm³/mol. The van der Waals surface area contributed by atoms with E-state index in [1.54, 1.807) is 42.5 Å². The molecule has 0 aliphatic rings. The molecule has 168 valence electrons. The molecule has 0 atom stereocenters. The van der Waals surface area contributed by atoms with Crippen molar-refractivity contribution in [2.24, 2.45) is 0 Å². The molecular formula is C25H26ClNO4S. The Morgan fingerprint density at radius 3 is 2.31 bits per heavy atom. The zero-order valence-electron chi connectivity index (χ0n) is 18.5. The number of aryl methyl sites for hydroxylation is 1. The van der Waals surface area contributed by atoms with Gasteiger partial charge in [-0.05, 0) is 65.4 Å². The van der Waals surface area contributed by atoms with Crippen LogP contribution in [0.2, 0.25) is 5.02 Å². The smallest absolute Gasteiger partial charge is 0.268 e. The highest BCUT2D eigenvalue weighted by atomic mass is 35.5. The van der Waals surface area contributed by atoms with Gasteiger partial charge >= 0.3 is 0 Å². The van der Waals surface area contributed by atoms with Crippen molar-refractivity contribution in [2.75, 3.05) is 0 Å². The van der Waals surface area contributed by atoms with E-state index in [-0.39, 0.29) is 22.5 Å². The lowest BCUT2D eigenvalue weighted by atomic mass is 9.87. The molecule has 3 aromatic rings. The van der Waals surface area contributed by atoms with Gasteiger partial charge in [0, 0.05) is 5.02 Å². The van der Waals surface area contributed by atoms with E-state index in [0.717, 1.165) is 16.7 Å². The first-order valence-electron chi connectivity index (χ1n) is 10.1. The second kappa shape index (κ2) is 9.35. The maximum atomic E-state index is 12.9. The average molecular weight is 472 g/mol. The third kappa shape index (κ3) is 5.90. The zero-order chi connectivity index (χ0) is 23.5. The Balaban J connectivity index is 1.81. The summed E-state index contributed by atoms with van der Waals surface area (Å²) < 4.78 is 33.6. The van der Waals surface area contributed by atoms with Gasteiger partial charge in [0.05, 0.1) is 10.5 Å². The molecule has 0 fully saturated rings. The molecule has 1 N–H and O–H groups in total. The van der Waals surface area contributed by atoms with Gasteiger partial charge in [-0.15, -0.1) is 0 Å². The second-order valence-electron chi connectivity index (χ2n) is 8.63. The van der Waals surface area contributed by atoms with Gasteiger partial charge in [0.1, 0.15) is 12.4 Å². The summed E-state index contributed by atoms with van der Waals surface area (Å²) in [5, 5.41) is 0.580. The van der Waals surface area contributed by atoms with Gasteiger partial charge in [0.25, 0.3) is 15.9 Å². The SMILES string of the molecule is Cc1ccc(C(=O)NS(=O)(=O)c2ccc(C(C)(C)C)cc2)c(OCc2cccc(Cl)c2)c1. The van der Waals surface area contributed by atoms with Crippen molar-refractivity contribution in [3.63, 3.8) is 0 Å². The number of benzene rings is 3. The summed E-state index contributed by atoms with van der Waals surface area (Å²) in [7, 11) is -4.04. The Morgan fingerprint density at radius 2 is 1.69 bits per heavy atom. The van der Waals surface area contributed by atoms with E-state index >= 15 is 0 Å². The van der Waals surface area contributed by atoms with E-state index in [1.165, 1.54) is 12.1 Å². The van der Waals surface area contributed by atoms with Crippen LogP contribution in [-0.4, -0.2) is 14.3 Å². The molecule has 0 radical (unpaired) electrons. The van der Waals surface area contributed by atoms with Crippen LogP contribution in [0.15, 0.2) is 71.6 Å². The van der Waals surface area contributed by atoms with Gasteiger partial charge in [-0.25, -0.2) is 13.1 Å². The van der Waals surface area contributed by atoms with Crippen LogP contribution in [0, 0.1) is 6.92 Å². The summed E-state index contributed by atoms with van der Waals surface area (Å²) >= 11 is 6.01. The average Bonchev–Trinajstić information content (AvgIpc) is 2.71. The zero-order valence-corrected chi connectivity index (χ0v) is 20.0. The number of hydrogen-bond acceptors (Lipinski definition) is 4. The van der Waals surface area contributed by atoms with E-state index in [9.17, 15) is 13.2 Å². The lowest BCUT2D eigenvalue weighted by Crippen LogP contribution is -2.31. The van der Waals surface area contributed by atoms with Crippen LogP contribution in [0.1, 0.15) is 47.8 Å². The summed E-state index contributed by atoms with van der Waals surface area (Å²) in [4.78, 5) is 12.9. The lowest BCUT2D eigenvalue weighted by molar-refractivity contribution is 0.0977. The van der Waals surface area contributed by atoms with Crippen LogP contribution < -0.4 is 9.46 Å². The van der Waals surface area contributed by atoms with Crippen molar-refractivity contribution in [1.82, 2.24) is 4.72 Å². The molecule has 0 saturated carbocycles. The van der Waals surface area contributed by atoms with Crippen LogP contribution in [0.25, 0.3) is 0 Å². The molecule has 32 heavy (non-hydrogen) atoms. The fourth-order valence-corrected chi connectivity index (χ4v) is 4.27. The van der Waals surface area contributed by atoms with Crippen LogP contribution in [0.3, 0.4) is 0 Å². The molecule has 0 aromatic heterocycles. The van der Waals surface area contributed by atoms with E-state index in [2.05, 4.69) is 4.72 Å². The molecule has 0 aliphatic carbocycles. The van der Waals surface area contributed by atoms with Gasteiger partial charge in [-0.3, -0.25) is 4.79 Å². The largest absolute Gasteiger partial charge is 0.488 e. The summed E-state index contributed by atoms with van der Waals surface area (Å²) in [5.41, 5.74) is 2.73. The molecule has 0 spiro atoms. The van der Waals surface area contributed by atoms with Crippen LogP contribution in [-0.2, 0) is 22.0 Å². The van der Waals surface area contributed by atoms with E-state index in [0.29, 0.717) is 10.8 Å². The molecule has 7 heteroatoms. The first-order valence-corrected chi connectivity index (χ1v) is 12.0. The number of carbonyl (C=O) groups is 1. The molecule has 1 amide bonds. The molecular weight excluding hydrogens is 446 g/mol. The quantitative estimate of drug-likeness (QED) is 0.504. The Labute approximate surface area is 194 Å².